The molecule has 0 saturated carbocycles. The van der Waals surface area contributed by atoms with Crippen molar-refractivity contribution in [1.82, 2.24) is 0 Å². The van der Waals surface area contributed by atoms with Gasteiger partial charge in [-0.1, -0.05) is 12.1 Å². The average Bonchev–Trinajstić information content (AvgIpc) is 2.29. The van der Waals surface area contributed by atoms with Crippen LogP contribution in [0.1, 0.15) is 5.56 Å². The third-order valence-electron chi connectivity index (χ3n) is 2.38. The van der Waals surface area contributed by atoms with Crippen molar-refractivity contribution in [3.8, 4) is 11.1 Å². The summed E-state index contributed by atoms with van der Waals surface area (Å²) in [5.41, 5.74) is 8.81. The molecule has 3 heteroatoms. The number of nitrogen functional groups attached to an aromatic ring is 1. The van der Waals surface area contributed by atoms with Crippen LogP contribution >= 0.6 is 0 Å². The molecule has 2 aromatic carbocycles. The SMILES string of the molecule is Nc1cc(CO)cc(-c2ccc(F)cc2)c1. The van der Waals surface area contributed by atoms with Crippen LogP contribution in [0, 0.1) is 5.82 Å². The Balaban J connectivity index is 2.47. The summed E-state index contributed by atoms with van der Waals surface area (Å²) in [6.07, 6.45) is 0. The zero-order valence-corrected chi connectivity index (χ0v) is 8.65. The molecule has 2 rings (SSSR count). The topological polar surface area (TPSA) is 46.2 Å². The molecule has 0 amide bonds. The van der Waals surface area contributed by atoms with Crippen molar-refractivity contribution >= 4 is 5.69 Å². The minimum absolute atomic E-state index is 0.0563. The molecule has 0 aliphatic carbocycles. The van der Waals surface area contributed by atoms with Gasteiger partial charge in [0.2, 0.25) is 0 Å². The average molecular weight is 217 g/mol. The third-order valence-corrected chi connectivity index (χ3v) is 2.38. The number of rotatable bonds is 2. The van der Waals surface area contributed by atoms with Crippen molar-refractivity contribution in [3.05, 3.63) is 53.8 Å². The number of anilines is 1. The molecule has 0 aromatic heterocycles. The second kappa shape index (κ2) is 4.33. The lowest BCUT2D eigenvalue weighted by Crippen LogP contribution is -1.91. The Morgan fingerprint density at radius 1 is 1.00 bits per heavy atom. The lowest BCUT2D eigenvalue weighted by atomic mass is 10.0. The molecule has 3 N–H and O–H groups in total. The summed E-state index contributed by atoms with van der Waals surface area (Å²) < 4.78 is 12.8. The van der Waals surface area contributed by atoms with Gasteiger partial charge in [-0.2, -0.15) is 0 Å². The largest absolute Gasteiger partial charge is 0.399 e. The molecule has 0 spiro atoms. The fourth-order valence-electron chi connectivity index (χ4n) is 1.62. The Morgan fingerprint density at radius 2 is 1.69 bits per heavy atom. The van der Waals surface area contributed by atoms with E-state index in [1.54, 1.807) is 24.3 Å². The van der Waals surface area contributed by atoms with E-state index in [0.29, 0.717) is 5.69 Å². The predicted octanol–water partition coefficient (Wildman–Crippen LogP) is 2.57. The third kappa shape index (κ3) is 2.20. The summed E-state index contributed by atoms with van der Waals surface area (Å²) in [6, 6.07) is 11.5. The molecule has 0 heterocycles. The fraction of sp³-hybridized carbons (Fsp3) is 0.0769. The molecule has 0 saturated heterocycles. The van der Waals surface area contributed by atoms with Crippen molar-refractivity contribution in [3.63, 3.8) is 0 Å². The molecule has 0 unspecified atom stereocenters. The van der Waals surface area contributed by atoms with Crippen LogP contribution in [0.5, 0.6) is 0 Å². The fourth-order valence-corrected chi connectivity index (χ4v) is 1.62. The molecular formula is C13H12FNO. The van der Waals surface area contributed by atoms with E-state index in [1.165, 1.54) is 12.1 Å². The highest BCUT2D eigenvalue weighted by Gasteiger charge is 2.01. The molecule has 0 bridgehead atoms. The Hall–Kier alpha value is -1.87. The van der Waals surface area contributed by atoms with Gasteiger partial charge in [0.15, 0.2) is 0 Å². The van der Waals surface area contributed by atoms with Gasteiger partial charge in [-0.15, -0.1) is 0 Å². The molecule has 0 aliphatic rings. The number of nitrogens with two attached hydrogens (primary N) is 1. The highest BCUT2D eigenvalue weighted by Crippen LogP contribution is 2.23. The van der Waals surface area contributed by atoms with E-state index < -0.39 is 0 Å². The van der Waals surface area contributed by atoms with E-state index in [1.807, 2.05) is 6.07 Å². The van der Waals surface area contributed by atoms with Crippen LogP contribution in [-0.4, -0.2) is 5.11 Å². The van der Waals surface area contributed by atoms with Crippen molar-refractivity contribution < 1.29 is 9.50 Å². The number of aliphatic hydroxyl groups excluding tert-OH is 1. The molecule has 0 atom stereocenters. The Labute approximate surface area is 93.2 Å². The van der Waals surface area contributed by atoms with Crippen LogP contribution < -0.4 is 5.73 Å². The molecule has 2 nitrogen and oxygen atoms in total. The molecular weight excluding hydrogens is 205 g/mol. The van der Waals surface area contributed by atoms with E-state index >= 15 is 0 Å². The van der Waals surface area contributed by atoms with Gasteiger partial charge in [-0.3, -0.25) is 0 Å². The van der Waals surface area contributed by atoms with Crippen molar-refractivity contribution in [2.75, 3.05) is 5.73 Å². The van der Waals surface area contributed by atoms with Gasteiger partial charge in [-0.05, 0) is 47.0 Å². The summed E-state index contributed by atoms with van der Waals surface area (Å²) >= 11 is 0. The second-order valence-corrected chi connectivity index (χ2v) is 3.63. The molecule has 82 valence electrons. The van der Waals surface area contributed by atoms with E-state index in [0.717, 1.165) is 16.7 Å². The van der Waals surface area contributed by atoms with Crippen molar-refractivity contribution in [2.24, 2.45) is 0 Å². The molecule has 2 aromatic rings. The lowest BCUT2D eigenvalue weighted by Gasteiger charge is -2.06. The number of halogens is 1. The van der Waals surface area contributed by atoms with Gasteiger partial charge < -0.3 is 10.8 Å². The van der Waals surface area contributed by atoms with Crippen molar-refractivity contribution in [2.45, 2.75) is 6.61 Å². The monoisotopic (exact) mass is 217 g/mol. The summed E-state index contributed by atoms with van der Waals surface area (Å²) in [4.78, 5) is 0. The first kappa shape index (κ1) is 10.6. The van der Waals surface area contributed by atoms with E-state index in [4.69, 9.17) is 10.8 Å². The number of hydrogen-bond acceptors (Lipinski definition) is 2. The summed E-state index contributed by atoms with van der Waals surface area (Å²) in [6.45, 7) is -0.0563. The van der Waals surface area contributed by atoms with Crippen LogP contribution in [0.15, 0.2) is 42.5 Å². The number of hydrogen-bond donors (Lipinski definition) is 2. The number of aliphatic hydroxyl groups is 1. The zero-order valence-electron chi connectivity index (χ0n) is 8.65. The van der Waals surface area contributed by atoms with E-state index in [9.17, 15) is 4.39 Å². The normalized spacial score (nSPS) is 10.4. The van der Waals surface area contributed by atoms with Crippen molar-refractivity contribution in [1.29, 1.82) is 0 Å². The minimum atomic E-state index is -0.268. The van der Waals surface area contributed by atoms with Crippen LogP contribution in [0.2, 0.25) is 0 Å². The smallest absolute Gasteiger partial charge is 0.123 e. The quantitative estimate of drug-likeness (QED) is 0.759. The summed E-state index contributed by atoms with van der Waals surface area (Å²) in [5.74, 6) is -0.268. The summed E-state index contributed by atoms with van der Waals surface area (Å²) in [5, 5.41) is 9.06. The number of benzene rings is 2. The first-order chi connectivity index (χ1) is 7.69. The van der Waals surface area contributed by atoms with Crippen LogP contribution in [0.25, 0.3) is 11.1 Å². The predicted molar refractivity (Wildman–Crippen MR) is 62.2 cm³/mol. The molecule has 0 aliphatic heterocycles. The highest BCUT2D eigenvalue weighted by molar-refractivity contribution is 5.68. The standard InChI is InChI=1S/C13H12FNO/c14-12-3-1-10(2-4-12)11-5-9(8-16)6-13(15)7-11/h1-7,16H,8,15H2. The second-order valence-electron chi connectivity index (χ2n) is 3.63. The zero-order chi connectivity index (χ0) is 11.5. The van der Waals surface area contributed by atoms with Gasteiger partial charge in [0.25, 0.3) is 0 Å². The van der Waals surface area contributed by atoms with Gasteiger partial charge in [-0.25, -0.2) is 4.39 Å². The molecule has 0 radical (unpaired) electrons. The Kier molecular flexibility index (Phi) is 2.88. The van der Waals surface area contributed by atoms with Gasteiger partial charge in [0.05, 0.1) is 6.61 Å². The maximum atomic E-state index is 12.8. The molecule has 16 heavy (non-hydrogen) atoms. The van der Waals surface area contributed by atoms with Crippen LogP contribution in [-0.2, 0) is 6.61 Å². The van der Waals surface area contributed by atoms with Gasteiger partial charge in [0, 0.05) is 5.69 Å². The maximum absolute atomic E-state index is 12.8. The first-order valence-electron chi connectivity index (χ1n) is 4.95. The van der Waals surface area contributed by atoms with Gasteiger partial charge in [0.1, 0.15) is 5.82 Å². The Morgan fingerprint density at radius 3 is 2.31 bits per heavy atom. The van der Waals surface area contributed by atoms with Gasteiger partial charge >= 0.3 is 0 Å². The van der Waals surface area contributed by atoms with E-state index in [-0.39, 0.29) is 12.4 Å². The van der Waals surface area contributed by atoms with E-state index in [2.05, 4.69) is 0 Å². The lowest BCUT2D eigenvalue weighted by molar-refractivity contribution is 0.282. The molecule has 0 fully saturated rings. The van der Waals surface area contributed by atoms with Crippen LogP contribution in [0.4, 0.5) is 10.1 Å². The summed E-state index contributed by atoms with van der Waals surface area (Å²) in [7, 11) is 0. The highest BCUT2D eigenvalue weighted by atomic mass is 19.1. The Bertz CT molecular complexity index is 494. The minimum Gasteiger partial charge on any atom is -0.399 e. The maximum Gasteiger partial charge on any atom is 0.123 e. The first-order valence-corrected chi connectivity index (χ1v) is 4.95. The van der Waals surface area contributed by atoms with Crippen LogP contribution in [0.3, 0.4) is 0 Å².